The van der Waals surface area contributed by atoms with E-state index in [-0.39, 0.29) is 23.2 Å². The number of carbonyl (C=O) groups excluding carboxylic acids is 1. The van der Waals surface area contributed by atoms with Crippen LogP contribution in [0.4, 0.5) is 0 Å². The van der Waals surface area contributed by atoms with E-state index in [9.17, 15) is 9.59 Å². The van der Waals surface area contributed by atoms with E-state index in [1.807, 2.05) is 0 Å². The van der Waals surface area contributed by atoms with Crippen molar-refractivity contribution >= 4 is 12.3 Å². The molecule has 0 aromatic rings. The highest BCUT2D eigenvalue weighted by Gasteiger charge is 2.52. The molecule has 0 aliphatic heterocycles. The van der Waals surface area contributed by atoms with Gasteiger partial charge in [0.25, 0.3) is 0 Å². The molecule has 130 valence electrons. The van der Waals surface area contributed by atoms with E-state index in [4.69, 9.17) is 5.11 Å². The highest BCUT2D eigenvalue weighted by Crippen LogP contribution is 2.61. The number of aliphatic carboxylic acids is 1. The van der Waals surface area contributed by atoms with Gasteiger partial charge in [0, 0.05) is 5.92 Å². The molecular weight excluding hydrogens is 288 g/mol. The van der Waals surface area contributed by atoms with Crippen molar-refractivity contribution in [3.8, 4) is 0 Å². The van der Waals surface area contributed by atoms with Crippen LogP contribution in [0.25, 0.3) is 0 Å². The van der Waals surface area contributed by atoms with E-state index in [2.05, 4.69) is 33.8 Å². The summed E-state index contributed by atoms with van der Waals surface area (Å²) in [6, 6.07) is 0. The summed E-state index contributed by atoms with van der Waals surface area (Å²) in [6.45, 7) is 9.43. The summed E-state index contributed by atoms with van der Waals surface area (Å²) in [5, 5.41) is 8.96. The fourth-order valence-corrected chi connectivity index (χ4v) is 5.27. The minimum absolute atomic E-state index is 0.0329. The van der Waals surface area contributed by atoms with Gasteiger partial charge in [0.1, 0.15) is 6.29 Å². The van der Waals surface area contributed by atoms with E-state index < -0.39 is 5.97 Å². The zero-order chi connectivity index (χ0) is 17.3. The van der Waals surface area contributed by atoms with Crippen LogP contribution < -0.4 is 0 Å². The van der Waals surface area contributed by atoms with Gasteiger partial charge in [-0.15, -0.1) is 0 Å². The molecule has 2 rings (SSSR count). The van der Waals surface area contributed by atoms with Gasteiger partial charge in [-0.2, -0.15) is 0 Å². The third-order valence-electron chi connectivity index (χ3n) is 7.28. The van der Waals surface area contributed by atoms with Gasteiger partial charge in [-0.3, -0.25) is 4.79 Å². The zero-order valence-corrected chi connectivity index (χ0v) is 15.1. The largest absolute Gasteiger partial charge is 0.481 e. The highest BCUT2D eigenvalue weighted by molar-refractivity contribution is 5.71. The number of rotatable bonds is 6. The van der Waals surface area contributed by atoms with Gasteiger partial charge >= 0.3 is 5.97 Å². The second-order valence-corrected chi connectivity index (χ2v) is 8.41. The second-order valence-electron chi connectivity index (χ2n) is 8.41. The van der Waals surface area contributed by atoms with Crippen LogP contribution in [0.2, 0.25) is 0 Å². The minimum Gasteiger partial charge on any atom is -0.481 e. The molecule has 23 heavy (non-hydrogen) atoms. The van der Waals surface area contributed by atoms with Crippen LogP contribution in [0.15, 0.2) is 11.6 Å². The molecule has 0 unspecified atom stereocenters. The molecule has 0 bridgehead atoms. The van der Waals surface area contributed by atoms with Crippen LogP contribution in [-0.2, 0) is 9.59 Å². The third-order valence-corrected chi connectivity index (χ3v) is 7.28. The molecule has 0 heterocycles. The molecule has 2 aliphatic carbocycles. The van der Waals surface area contributed by atoms with Gasteiger partial charge in [0.2, 0.25) is 0 Å². The summed E-state index contributed by atoms with van der Waals surface area (Å²) < 4.78 is 0. The molecule has 2 aliphatic rings. The third kappa shape index (κ3) is 3.39. The molecule has 1 fully saturated rings. The lowest BCUT2D eigenvalue weighted by Gasteiger charge is -2.58. The number of fused-ring (bicyclic) bond motifs is 1. The molecule has 0 spiro atoms. The average molecular weight is 320 g/mol. The summed E-state index contributed by atoms with van der Waals surface area (Å²) >= 11 is 0. The van der Waals surface area contributed by atoms with Gasteiger partial charge in [-0.1, -0.05) is 32.4 Å². The maximum atomic E-state index is 11.2. The number of carboxylic acid groups (broad SMARTS) is 1. The maximum Gasteiger partial charge on any atom is 0.304 e. The first kappa shape index (κ1) is 18.2. The Morgan fingerprint density at radius 1 is 1.43 bits per heavy atom. The fraction of sp³-hybridized carbons (Fsp3) is 0.800. The van der Waals surface area contributed by atoms with Crippen LogP contribution in [0, 0.1) is 28.6 Å². The Kier molecular flexibility index (Phi) is 5.37. The normalized spacial score (nSPS) is 38.3. The predicted octanol–water partition coefficient (Wildman–Crippen LogP) is 4.86. The minimum atomic E-state index is -0.870. The molecule has 1 N–H and O–H groups in total. The van der Waals surface area contributed by atoms with Crippen LogP contribution in [0.5, 0.6) is 0 Å². The van der Waals surface area contributed by atoms with Gasteiger partial charge in [-0.05, 0) is 68.1 Å². The number of hydrogen-bond donors (Lipinski definition) is 1. The van der Waals surface area contributed by atoms with Crippen LogP contribution in [0.1, 0.15) is 72.6 Å². The average Bonchev–Trinajstić information content (AvgIpc) is 2.50. The lowest BCUT2D eigenvalue weighted by molar-refractivity contribution is -0.139. The molecule has 3 nitrogen and oxygen atoms in total. The SMILES string of the molecule is CC1=CCC[C@@H]2[C@@](C)(CC[C@H](C=O)CC(=O)O)[C@H](C)CC[C@@]12C. The van der Waals surface area contributed by atoms with Crippen molar-refractivity contribution in [1.29, 1.82) is 0 Å². The molecule has 0 aromatic carbocycles. The molecular formula is C20H32O3. The van der Waals surface area contributed by atoms with Crippen molar-refractivity contribution in [3.05, 3.63) is 11.6 Å². The van der Waals surface area contributed by atoms with E-state index in [0.717, 1.165) is 19.1 Å². The van der Waals surface area contributed by atoms with Crippen molar-refractivity contribution in [3.63, 3.8) is 0 Å². The highest BCUT2D eigenvalue weighted by atomic mass is 16.4. The number of carboxylic acids is 1. The lowest BCUT2D eigenvalue weighted by Crippen LogP contribution is -2.49. The van der Waals surface area contributed by atoms with E-state index in [1.165, 1.54) is 24.8 Å². The monoisotopic (exact) mass is 320 g/mol. The Morgan fingerprint density at radius 3 is 2.74 bits per heavy atom. The molecule has 0 amide bonds. The van der Waals surface area contributed by atoms with Gasteiger partial charge in [0.05, 0.1) is 6.42 Å². The van der Waals surface area contributed by atoms with Crippen molar-refractivity contribution in [2.45, 2.75) is 72.6 Å². The maximum absolute atomic E-state index is 11.2. The summed E-state index contributed by atoms with van der Waals surface area (Å²) in [6.07, 6.45) is 9.73. The standard InChI is InChI=1S/C20H32O3/c1-14-6-5-7-17-19(14,3)10-8-15(2)20(17,4)11-9-16(13-21)12-18(22)23/h6,13,15-17H,5,7-12H2,1-4H3,(H,22,23)/t15-,16+,17+,19+,20+/m1/s1. The second kappa shape index (κ2) is 6.78. The van der Waals surface area contributed by atoms with Crippen LogP contribution >= 0.6 is 0 Å². The van der Waals surface area contributed by atoms with Gasteiger partial charge < -0.3 is 9.90 Å². The topological polar surface area (TPSA) is 54.4 Å². The lowest BCUT2D eigenvalue weighted by atomic mass is 9.47. The van der Waals surface area contributed by atoms with Gasteiger partial charge in [0.15, 0.2) is 0 Å². The predicted molar refractivity (Wildman–Crippen MR) is 92.1 cm³/mol. The van der Waals surface area contributed by atoms with E-state index >= 15 is 0 Å². The summed E-state index contributed by atoms with van der Waals surface area (Å²) in [7, 11) is 0. The Morgan fingerprint density at radius 2 is 2.13 bits per heavy atom. The zero-order valence-electron chi connectivity index (χ0n) is 15.1. The molecule has 5 atom stereocenters. The van der Waals surface area contributed by atoms with Crippen molar-refractivity contribution < 1.29 is 14.7 Å². The van der Waals surface area contributed by atoms with Crippen molar-refractivity contribution in [2.24, 2.45) is 28.6 Å². The first-order chi connectivity index (χ1) is 10.7. The number of hydrogen-bond acceptors (Lipinski definition) is 2. The Balaban J connectivity index is 2.18. The first-order valence-corrected chi connectivity index (χ1v) is 9.08. The van der Waals surface area contributed by atoms with Gasteiger partial charge in [-0.25, -0.2) is 0 Å². The Hall–Kier alpha value is -1.12. The number of carbonyl (C=O) groups is 2. The number of aldehydes is 1. The molecule has 0 radical (unpaired) electrons. The summed E-state index contributed by atoms with van der Waals surface area (Å²) in [4.78, 5) is 22.1. The van der Waals surface area contributed by atoms with Crippen LogP contribution in [-0.4, -0.2) is 17.4 Å². The Labute approximate surface area is 140 Å². The molecule has 0 saturated heterocycles. The quantitative estimate of drug-likeness (QED) is 0.562. The number of allylic oxidation sites excluding steroid dienone is 2. The summed E-state index contributed by atoms with van der Waals surface area (Å²) in [5.41, 5.74) is 2.01. The fourth-order valence-electron chi connectivity index (χ4n) is 5.27. The van der Waals surface area contributed by atoms with E-state index in [1.54, 1.807) is 0 Å². The molecule has 3 heteroatoms. The summed E-state index contributed by atoms with van der Waals surface area (Å²) in [5.74, 6) is 0.0552. The van der Waals surface area contributed by atoms with Crippen LogP contribution in [0.3, 0.4) is 0 Å². The molecule has 0 aromatic heterocycles. The molecule has 1 saturated carbocycles. The Bertz CT molecular complexity index is 495. The van der Waals surface area contributed by atoms with Crippen molar-refractivity contribution in [1.82, 2.24) is 0 Å². The first-order valence-electron chi connectivity index (χ1n) is 9.08. The van der Waals surface area contributed by atoms with Crippen molar-refractivity contribution in [2.75, 3.05) is 0 Å². The smallest absolute Gasteiger partial charge is 0.304 e. The van der Waals surface area contributed by atoms with E-state index in [0.29, 0.717) is 18.3 Å².